The van der Waals surface area contributed by atoms with Crippen molar-refractivity contribution in [2.45, 2.75) is 59.2 Å². The van der Waals surface area contributed by atoms with Crippen molar-refractivity contribution >= 4 is 11.8 Å². The van der Waals surface area contributed by atoms with Crippen LogP contribution in [0.4, 0.5) is 0 Å². The zero-order valence-electron chi connectivity index (χ0n) is 22.7. The van der Waals surface area contributed by atoms with Crippen LogP contribution in [-0.2, 0) is 22.6 Å². The molecule has 37 heavy (non-hydrogen) atoms. The molecule has 0 saturated carbocycles. The number of aryl methyl sites for hydroxylation is 2. The highest BCUT2D eigenvalue weighted by Crippen LogP contribution is 2.21. The number of nitrogens with one attached hydrogen (secondary N) is 1. The topological polar surface area (TPSA) is 67.9 Å². The maximum atomic E-state index is 13.7. The summed E-state index contributed by atoms with van der Waals surface area (Å²) in [5, 5.41) is 3.07. The number of benzene rings is 3. The van der Waals surface area contributed by atoms with Gasteiger partial charge >= 0.3 is 0 Å². The number of methoxy groups -OCH3 is 1. The van der Waals surface area contributed by atoms with Crippen LogP contribution in [0.2, 0.25) is 0 Å². The van der Waals surface area contributed by atoms with Gasteiger partial charge in [0.15, 0.2) is 6.61 Å². The SMILES string of the molecule is COc1cccc(CN(C(=O)COc2ccc(C)cc2C)[C@@H](Cc2ccccc2)C(=O)NC(C)(C)C)c1. The van der Waals surface area contributed by atoms with Crippen molar-refractivity contribution in [2.75, 3.05) is 13.7 Å². The molecule has 0 heterocycles. The van der Waals surface area contributed by atoms with E-state index in [1.54, 1.807) is 12.0 Å². The first-order valence-electron chi connectivity index (χ1n) is 12.5. The monoisotopic (exact) mass is 502 g/mol. The fourth-order valence-corrected chi connectivity index (χ4v) is 4.16. The lowest BCUT2D eigenvalue weighted by atomic mass is 10.0. The third-order valence-electron chi connectivity index (χ3n) is 5.94. The van der Waals surface area contributed by atoms with Crippen molar-refractivity contribution < 1.29 is 19.1 Å². The first-order chi connectivity index (χ1) is 17.6. The summed E-state index contributed by atoms with van der Waals surface area (Å²) in [5.74, 6) is 0.862. The molecule has 0 radical (unpaired) electrons. The lowest BCUT2D eigenvalue weighted by Gasteiger charge is -2.34. The van der Waals surface area contributed by atoms with Crippen LogP contribution in [0.3, 0.4) is 0 Å². The molecule has 0 spiro atoms. The Bertz CT molecular complexity index is 1200. The minimum atomic E-state index is -0.733. The number of carbonyl (C=O) groups is 2. The van der Waals surface area contributed by atoms with E-state index in [2.05, 4.69) is 5.32 Å². The highest BCUT2D eigenvalue weighted by atomic mass is 16.5. The number of rotatable bonds is 10. The summed E-state index contributed by atoms with van der Waals surface area (Å²) in [7, 11) is 1.61. The zero-order chi connectivity index (χ0) is 27.0. The molecule has 0 saturated heterocycles. The van der Waals surface area contributed by atoms with E-state index in [1.165, 1.54) is 0 Å². The molecule has 0 aliphatic heterocycles. The highest BCUT2D eigenvalue weighted by molar-refractivity contribution is 5.89. The summed E-state index contributed by atoms with van der Waals surface area (Å²) in [4.78, 5) is 29.0. The molecular formula is C31H38N2O4. The Hall–Kier alpha value is -3.80. The van der Waals surface area contributed by atoms with Crippen molar-refractivity contribution in [3.05, 3.63) is 95.1 Å². The number of amides is 2. The van der Waals surface area contributed by atoms with Gasteiger partial charge in [-0.15, -0.1) is 0 Å². The standard InChI is InChI=1S/C31H38N2O4/c1-22-15-16-28(23(2)17-22)37-21-29(34)33(20-25-13-10-14-26(18-25)36-6)27(30(35)32-31(3,4)5)19-24-11-8-7-9-12-24/h7-18,27H,19-21H2,1-6H3,(H,32,35)/t27-/m0/s1. The van der Waals surface area contributed by atoms with E-state index < -0.39 is 11.6 Å². The second kappa shape index (κ2) is 12.4. The number of nitrogens with zero attached hydrogens (tertiary/aromatic N) is 1. The zero-order valence-corrected chi connectivity index (χ0v) is 22.7. The largest absolute Gasteiger partial charge is 0.497 e. The Morgan fingerprint density at radius 1 is 0.919 bits per heavy atom. The number of carbonyl (C=O) groups excluding carboxylic acids is 2. The third kappa shape index (κ3) is 8.38. The van der Waals surface area contributed by atoms with Crippen LogP contribution >= 0.6 is 0 Å². The van der Waals surface area contributed by atoms with Gasteiger partial charge in [0.25, 0.3) is 5.91 Å². The molecule has 196 valence electrons. The average molecular weight is 503 g/mol. The van der Waals surface area contributed by atoms with Crippen molar-refractivity contribution in [2.24, 2.45) is 0 Å². The van der Waals surface area contributed by atoms with Gasteiger partial charge in [0, 0.05) is 18.5 Å². The summed E-state index contributed by atoms with van der Waals surface area (Å²) < 4.78 is 11.3. The number of ether oxygens (including phenoxy) is 2. The van der Waals surface area contributed by atoms with Gasteiger partial charge < -0.3 is 19.7 Å². The van der Waals surface area contributed by atoms with Crippen molar-refractivity contribution in [1.29, 1.82) is 0 Å². The lowest BCUT2D eigenvalue weighted by molar-refractivity contribution is -0.143. The Morgan fingerprint density at radius 3 is 2.27 bits per heavy atom. The normalized spacial score (nSPS) is 11.9. The molecule has 0 bridgehead atoms. The summed E-state index contributed by atoms with van der Waals surface area (Å²) in [6.45, 7) is 9.82. The molecule has 6 heteroatoms. The molecule has 3 aromatic rings. The predicted octanol–water partition coefficient (Wildman–Crippen LogP) is 5.25. The van der Waals surface area contributed by atoms with E-state index in [4.69, 9.17) is 9.47 Å². The maximum Gasteiger partial charge on any atom is 0.261 e. The minimum Gasteiger partial charge on any atom is -0.497 e. The van der Waals surface area contributed by atoms with E-state index in [9.17, 15) is 9.59 Å². The molecule has 0 unspecified atom stereocenters. The molecular weight excluding hydrogens is 464 g/mol. The van der Waals surface area contributed by atoms with Gasteiger partial charge in [0.2, 0.25) is 5.91 Å². The smallest absolute Gasteiger partial charge is 0.261 e. The Kier molecular flexibility index (Phi) is 9.34. The highest BCUT2D eigenvalue weighted by Gasteiger charge is 2.32. The van der Waals surface area contributed by atoms with Crippen molar-refractivity contribution in [3.63, 3.8) is 0 Å². The van der Waals surface area contributed by atoms with Crippen LogP contribution in [0.5, 0.6) is 11.5 Å². The second-order valence-electron chi connectivity index (χ2n) is 10.4. The van der Waals surface area contributed by atoms with Crippen molar-refractivity contribution in [3.8, 4) is 11.5 Å². The molecule has 0 aromatic heterocycles. The summed E-state index contributed by atoms with van der Waals surface area (Å²) >= 11 is 0. The van der Waals surface area contributed by atoms with E-state index in [0.29, 0.717) is 17.9 Å². The van der Waals surface area contributed by atoms with Crippen LogP contribution in [0.15, 0.2) is 72.8 Å². The Balaban J connectivity index is 1.95. The molecule has 1 N–H and O–H groups in total. The lowest BCUT2D eigenvalue weighted by Crippen LogP contribution is -2.55. The van der Waals surface area contributed by atoms with Crippen molar-refractivity contribution in [1.82, 2.24) is 10.2 Å². The Labute approximate surface area is 220 Å². The van der Waals surface area contributed by atoms with Crippen LogP contribution in [0.1, 0.15) is 43.0 Å². The van der Waals surface area contributed by atoms with E-state index >= 15 is 0 Å². The average Bonchev–Trinajstić information content (AvgIpc) is 2.85. The first kappa shape index (κ1) is 27.8. The van der Waals surface area contributed by atoms with Gasteiger partial charge in [-0.25, -0.2) is 0 Å². The van der Waals surface area contributed by atoms with Crippen LogP contribution in [-0.4, -0.2) is 42.0 Å². The fourth-order valence-electron chi connectivity index (χ4n) is 4.16. The van der Waals surface area contributed by atoms with Crippen LogP contribution in [0, 0.1) is 13.8 Å². The van der Waals surface area contributed by atoms with Gasteiger partial charge in [0.1, 0.15) is 17.5 Å². The van der Waals surface area contributed by atoms with Gasteiger partial charge in [-0.3, -0.25) is 9.59 Å². The summed E-state index contributed by atoms with van der Waals surface area (Å²) in [6, 6.07) is 22.4. The molecule has 0 aliphatic rings. The molecule has 1 atom stereocenters. The number of hydrogen-bond donors (Lipinski definition) is 1. The summed E-state index contributed by atoms with van der Waals surface area (Å²) in [6.07, 6.45) is 0.377. The Morgan fingerprint density at radius 2 is 1.62 bits per heavy atom. The quantitative estimate of drug-likeness (QED) is 0.411. The molecule has 3 rings (SSSR count). The molecule has 6 nitrogen and oxygen atoms in total. The van der Waals surface area contributed by atoms with Crippen LogP contribution < -0.4 is 14.8 Å². The minimum absolute atomic E-state index is 0.179. The number of hydrogen-bond acceptors (Lipinski definition) is 4. The van der Waals surface area contributed by atoms with Gasteiger partial charge in [-0.2, -0.15) is 0 Å². The molecule has 0 fully saturated rings. The van der Waals surface area contributed by atoms with E-state index in [-0.39, 0.29) is 25.0 Å². The maximum absolute atomic E-state index is 13.7. The summed E-state index contributed by atoms with van der Waals surface area (Å²) in [5.41, 5.74) is 3.46. The van der Waals surface area contributed by atoms with Gasteiger partial charge in [0.05, 0.1) is 7.11 Å². The molecule has 3 aromatic carbocycles. The first-order valence-corrected chi connectivity index (χ1v) is 12.5. The third-order valence-corrected chi connectivity index (χ3v) is 5.94. The molecule has 0 aliphatic carbocycles. The van der Waals surface area contributed by atoms with Gasteiger partial charge in [-0.05, 0) is 69.5 Å². The second-order valence-corrected chi connectivity index (χ2v) is 10.4. The fraction of sp³-hybridized carbons (Fsp3) is 0.355. The van der Waals surface area contributed by atoms with Gasteiger partial charge in [-0.1, -0.05) is 60.2 Å². The van der Waals surface area contributed by atoms with E-state index in [1.807, 2.05) is 107 Å². The molecule has 2 amide bonds. The van der Waals surface area contributed by atoms with Crippen LogP contribution in [0.25, 0.3) is 0 Å². The predicted molar refractivity (Wildman–Crippen MR) is 147 cm³/mol. The van der Waals surface area contributed by atoms with E-state index in [0.717, 1.165) is 22.3 Å².